The number of carbonyl (C=O) groups is 1. The average molecular weight is 457 g/mol. The number of halogens is 5. The van der Waals surface area contributed by atoms with Crippen LogP contribution in [0.2, 0.25) is 0 Å². The van der Waals surface area contributed by atoms with Crippen LogP contribution in [0.1, 0.15) is 26.7 Å². The maximum Gasteiger partial charge on any atom is 0.417 e. The molecule has 166 valence electrons. The number of hydrogen-bond acceptors (Lipinski definition) is 4. The molecule has 1 fully saturated rings. The number of alkyl halides is 3. The third-order valence-electron chi connectivity index (χ3n) is 6.30. The van der Waals surface area contributed by atoms with E-state index in [1.165, 1.54) is 25.1 Å². The van der Waals surface area contributed by atoms with E-state index in [4.69, 9.17) is 11.6 Å². The second-order valence-corrected chi connectivity index (χ2v) is 8.65. The first kappa shape index (κ1) is 21.8. The zero-order valence-electron chi connectivity index (χ0n) is 16.9. The number of anilines is 1. The van der Waals surface area contributed by atoms with Crippen molar-refractivity contribution in [2.24, 2.45) is 15.8 Å². The molecule has 2 heterocycles. The fourth-order valence-electron chi connectivity index (χ4n) is 4.49. The third-order valence-corrected chi connectivity index (χ3v) is 6.92. The maximum absolute atomic E-state index is 13.4. The first-order chi connectivity index (χ1) is 14.5. The number of amides is 1. The van der Waals surface area contributed by atoms with Gasteiger partial charge in [0.1, 0.15) is 11.9 Å². The Labute approximate surface area is 182 Å². The molecule has 4 rings (SSSR count). The maximum atomic E-state index is 13.4. The van der Waals surface area contributed by atoms with Crippen molar-refractivity contribution in [3.63, 3.8) is 0 Å². The van der Waals surface area contributed by atoms with Crippen LogP contribution < -0.4 is 5.01 Å². The summed E-state index contributed by atoms with van der Waals surface area (Å²) in [6.45, 7) is 3.59. The lowest BCUT2D eigenvalue weighted by atomic mass is 9.78. The summed E-state index contributed by atoms with van der Waals surface area (Å²) in [5.74, 6) is -0.812. The van der Waals surface area contributed by atoms with Crippen molar-refractivity contribution in [2.75, 3.05) is 11.6 Å². The second-order valence-electron chi connectivity index (χ2n) is 8.28. The quantitative estimate of drug-likeness (QED) is 0.560. The van der Waals surface area contributed by atoms with Crippen LogP contribution in [0.15, 0.2) is 57.4 Å². The number of piperidine rings is 1. The van der Waals surface area contributed by atoms with Crippen LogP contribution in [-0.4, -0.2) is 41.7 Å². The van der Waals surface area contributed by atoms with Gasteiger partial charge in [0.15, 0.2) is 0 Å². The summed E-state index contributed by atoms with van der Waals surface area (Å²) in [6.07, 6.45) is -1.76. The Hall–Kier alpha value is -2.42. The number of rotatable bonds is 2. The Morgan fingerprint density at radius 1 is 1.26 bits per heavy atom. The van der Waals surface area contributed by atoms with Crippen LogP contribution in [-0.2, 0) is 4.79 Å². The SMILES string of the molecule is CC1C2N=NN(c3ccc(F)cc3)C2CCN1C(=O)C1(C)CC=CC(C(F)(F)F)=C1Cl. The van der Waals surface area contributed by atoms with Gasteiger partial charge in [0.05, 0.1) is 28.8 Å². The normalized spacial score (nSPS) is 30.7. The summed E-state index contributed by atoms with van der Waals surface area (Å²) in [7, 11) is 0. The van der Waals surface area contributed by atoms with Crippen molar-refractivity contribution < 1.29 is 22.4 Å². The zero-order chi connectivity index (χ0) is 22.6. The molecule has 1 amide bonds. The molecule has 10 heteroatoms. The van der Waals surface area contributed by atoms with E-state index >= 15 is 0 Å². The predicted octanol–water partition coefficient (Wildman–Crippen LogP) is 5.39. The van der Waals surface area contributed by atoms with E-state index in [9.17, 15) is 22.4 Å². The summed E-state index contributed by atoms with van der Waals surface area (Å²) in [5.41, 5.74) is -1.79. The fourth-order valence-corrected chi connectivity index (χ4v) is 4.81. The van der Waals surface area contributed by atoms with Gasteiger partial charge < -0.3 is 4.90 Å². The van der Waals surface area contributed by atoms with Crippen LogP contribution in [0, 0.1) is 11.2 Å². The molecule has 1 saturated heterocycles. The van der Waals surface area contributed by atoms with Crippen LogP contribution in [0.25, 0.3) is 0 Å². The van der Waals surface area contributed by atoms with Crippen LogP contribution in [0.3, 0.4) is 0 Å². The van der Waals surface area contributed by atoms with Crippen molar-refractivity contribution >= 4 is 23.2 Å². The van der Waals surface area contributed by atoms with Gasteiger partial charge in [-0.25, -0.2) is 9.40 Å². The minimum Gasteiger partial charge on any atom is -0.337 e. The van der Waals surface area contributed by atoms with E-state index in [2.05, 4.69) is 10.3 Å². The fraction of sp³-hybridized carbons (Fsp3) is 0.476. The Kier molecular flexibility index (Phi) is 5.36. The lowest BCUT2D eigenvalue weighted by molar-refractivity contribution is -0.143. The molecule has 0 N–H and O–H groups in total. The minimum atomic E-state index is -4.64. The van der Waals surface area contributed by atoms with E-state index in [1.54, 1.807) is 22.0 Å². The topological polar surface area (TPSA) is 48.3 Å². The Morgan fingerprint density at radius 3 is 2.58 bits per heavy atom. The van der Waals surface area contributed by atoms with Gasteiger partial charge in [-0.3, -0.25) is 4.79 Å². The van der Waals surface area contributed by atoms with E-state index in [0.717, 1.165) is 6.08 Å². The highest BCUT2D eigenvalue weighted by atomic mass is 35.5. The first-order valence-corrected chi connectivity index (χ1v) is 10.3. The molecule has 1 aromatic rings. The Bertz CT molecular complexity index is 975. The first-order valence-electron chi connectivity index (χ1n) is 9.94. The van der Waals surface area contributed by atoms with Crippen molar-refractivity contribution in [2.45, 2.75) is 51.0 Å². The number of benzene rings is 1. The standard InChI is InChI=1S/C21H21ClF4N4O/c1-12-17-16(30(28-27-17)14-7-5-13(23)6-8-14)9-11-29(12)19(31)20(2)10-3-4-15(18(20)22)21(24,25)26/h3-8,12,16-17H,9-11H2,1-2H3. The molecule has 5 nitrogen and oxygen atoms in total. The molecule has 31 heavy (non-hydrogen) atoms. The van der Waals surface area contributed by atoms with Gasteiger partial charge >= 0.3 is 6.18 Å². The molecule has 0 aromatic heterocycles. The number of allylic oxidation sites excluding steroid dienone is 3. The van der Waals surface area contributed by atoms with Gasteiger partial charge in [-0.15, -0.1) is 0 Å². The zero-order valence-corrected chi connectivity index (χ0v) is 17.7. The summed E-state index contributed by atoms with van der Waals surface area (Å²) in [4.78, 5) is 15.0. The lowest BCUT2D eigenvalue weighted by Gasteiger charge is -2.45. The van der Waals surface area contributed by atoms with Crippen molar-refractivity contribution in [3.8, 4) is 0 Å². The van der Waals surface area contributed by atoms with E-state index in [1.807, 2.05) is 6.92 Å². The van der Waals surface area contributed by atoms with Gasteiger partial charge in [0, 0.05) is 11.6 Å². The van der Waals surface area contributed by atoms with Crippen LogP contribution in [0.4, 0.5) is 23.2 Å². The monoisotopic (exact) mass is 456 g/mol. The molecule has 0 spiro atoms. The summed E-state index contributed by atoms with van der Waals surface area (Å²) in [6, 6.07) is 5.03. The van der Waals surface area contributed by atoms with E-state index in [-0.39, 0.29) is 30.4 Å². The number of carbonyl (C=O) groups excluding carboxylic acids is 1. The van der Waals surface area contributed by atoms with Gasteiger partial charge in [0.25, 0.3) is 0 Å². The van der Waals surface area contributed by atoms with Gasteiger partial charge in [-0.05, 0) is 51.0 Å². The van der Waals surface area contributed by atoms with Crippen molar-refractivity contribution in [1.29, 1.82) is 0 Å². The molecule has 4 unspecified atom stereocenters. The van der Waals surface area contributed by atoms with Crippen molar-refractivity contribution in [1.82, 2.24) is 4.90 Å². The number of likely N-dealkylation sites (tertiary alicyclic amines) is 1. The molecule has 0 bridgehead atoms. The largest absolute Gasteiger partial charge is 0.417 e. The van der Waals surface area contributed by atoms with Gasteiger partial charge in [0.2, 0.25) is 5.91 Å². The summed E-state index contributed by atoms with van der Waals surface area (Å²) >= 11 is 6.14. The highest BCUT2D eigenvalue weighted by molar-refractivity contribution is 6.33. The summed E-state index contributed by atoms with van der Waals surface area (Å²) < 4.78 is 53.3. The number of nitrogens with zero attached hydrogens (tertiary/aromatic N) is 4. The Balaban J connectivity index is 1.56. The molecule has 3 aliphatic rings. The predicted molar refractivity (Wildman–Crippen MR) is 108 cm³/mol. The van der Waals surface area contributed by atoms with E-state index in [0.29, 0.717) is 18.7 Å². The molecule has 1 aliphatic carbocycles. The average Bonchev–Trinajstić information content (AvgIpc) is 3.14. The third kappa shape index (κ3) is 3.62. The lowest BCUT2D eigenvalue weighted by Crippen LogP contribution is -2.59. The molecule has 0 saturated carbocycles. The molecule has 2 aliphatic heterocycles. The molecular formula is C21H21ClF4N4O. The second kappa shape index (κ2) is 7.62. The highest BCUT2D eigenvalue weighted by Gasteiger charge is 2.51. The molecular weight excluding hydrogens is 436 g/mol. The molecule has 1 aromatic carbocycles. The minimum absolute atomic E-state index is 0.0881. The smallest absolute Gasteiger partial charge is 0.337 e. The van der Waals surface area contributed by atoms with Gasteiger partial charge in [-0.2, -0.15) is 18.3 Å². The van der Waals surface area contributed by atoms with Crippen LogP contribution in [0.5, 0.6) is 0 Å². The Morgan fingerprint density at radius 2 is 1.94 bits per heavy atom. The van der Waals surface area contributed by atoms with Crippen molar-refractivity contribution in [3.05, 3.63) is 52.8 Å². The molecule has 0 radical (unpaired) electrons. The van der Waals surface area contributed by atoms with Crippen LogP contribution >= 0.6 is 11.6 Å². The number of hydrogen-bond donors (Lipinski definition) is 0. The highest BCUT2D eigenvalue weighted by Crippen LogP contribution is 2.47. The number of fused-ring (bicyclic) bond motifs is 1. The van der Waals surface area contributed by atoms with E-state index < -0.39 is 28.1 Å². The molecule has 4 atom stereocenters. The summed E-state index contributed by atoms with van der Waals surface area (Å²) in [5, 5.41) is 9.76. The van der Waals surface area contributed by atoms with Gasteiger partial charge in [-0.1, -0.05) is 29.0 Å².